The Hall–Kier alpha value is -2.57. The Morgan fingerprint density at radius 3 is 2.70 bits per heavy atom. The number of aromatic hydroxyl groups is 1. The number of rotatable bonds is 3. The highest BCUT2D eigenvalue weighted by molar-refractivity contribution is 5.87. The summed E-state index contributed by atoms with van der Waals surface area (Å²) in [6.07, 6.45) is 2.00. The van der Waals surface area contributed by atoms with E-state index in [9.17, 15) is 9.90 Å². The molecule has 0 spiro atoms. The van der Waals surface area contributed by atoms with Gasteiger partial charge in [-0.15, -0.1) is 0 Å². The molecule has 6 nitrogen and oxygen atoms in total. The van der Waals surface area contributed by atoms with Crippen molar-refractivity contribution in [2.45, 2.75) is 57.1 Å². The van der Waals surface area contributed by atoms with Crippen LogP contribution in [0.15, 0.2) is 42.5 Å². The van der Waals surface area contributed by atoms with Gasteiger partial charge in [0.15, 0.2) is 11.5 Å². The Morgan fingerprint density at radius 1 is 1.20 bits per heavy atom. The van der Waals surface area contributed by atoms with E-state index in [2.05, 4.69) is 18.7 Å². The number of ether oxygens (including phenoxy) is 2. The van der Waals surface area contributed by atoms with Crippen molar-refractivity contribution in [2.24, 2.45) is 5.92 Å². The van der Waals surface area contributed by atoms with Gasteiger partial charge in [0.1, 0.15) is 5.60 Å². The summed E-state index contributed by atoms with van der Waals surface area (Å²) in [4.78, 5) is 13.5. The first kappa shape index (κ1) is 19.4. The Bertz CT molecular complexity index is 970. The molecular formula is C24H27NO5. The Labute approximate surface area is 176 Å². The van der Waals surface area contributed by atoms with Crippen LogP contribution in [0.25, 0.3) is 0 Å². The molecule has 2 fully saturated rings. The van der Waals surface area contributed by atoms with E-state index in [4.69, 9.17) is 14.6 Å². The topological polar surface area (TPSA) is 79.2 Å². The SMILES string of the molecule is CC1(C)Oc2c(O)cccc2[C@@H]2O[C@@H]3CCN(Cc4ccc(C(=O)O)cc4)[C@H]3C[C@H]21. The van der Waals surface area contributed by atoms with E-state index < -0.39 is 11.6 Å². The number of aromatic carboxylic acids is 1. The summed E-state index contributed by atoms with van der Waals surface area (Å²) in [7, 11) is 0. The maximum absolute atomic E-state index is 11.1. The normalized spacial score (nSPS) is 29.4. The standard InChI is InChI=1S/C24H27NO5/c1-24(2)17-12-18-20(29-21(17)16-4-3-5-19(26)22(16)30-24)10-11-25(18)13-14-6-8-15(9-7-14)23(27)28/h3-9,17-18,20-21,26H,10-13H2,1-2H3,(H,27,28)/t17-,18+,20-,21+/m1/s1. The second-order valence-electron chi connectivity index (χ2n) is 9.17. The summed E-state index contributed by atoms with van der Waals surface area (Å²) in [6.45, 7) is 5.88. The van der Waals surface area contributed by atoms with Gasteiger partial charge < -0.3 is 19.7 Å². The molecule has 2 aromatic carbocycles. The number of hydrogen-bond acceptors (Lipinski definition) is 5. The largest absolute Gasteiger partial charge is 0.504 e. The monoisotopic (exact) mass is 409 g/mol. The number of carboxylic acids is 1. The molecule has 0 aromatic heterocycles. The molecule has 2 aromatic rings. The lowest BCUT2D eigenvalue weighted by Gasteiger charge is -2.50. The Balaban J connectivity index is 1.38. The van der Waals surface area contributed by atoms with Crippen molar-refractivity contribution in [3.05, 3.63) is 59.2 Å². The van der Waals surface area contributed by atoms with Crippen LogP contribution in [0.5, 0.6) is 11.5 Å². The lowest BCUT2D eigenvalue weighted by molar-refractivity contribution is -0.163. The summed E-state index contributed by atoms with van der Waals surface area (Å²) in [6, 6.07) is 12.9. The molecule has 3 aliphatic heterocycles. The minimum atomic E-state index is -0.902. The molecule has 0 saturated carbocycles. The molecule has 3 aliphatic rings. The number of para-hydroxylation sites is 1. The van der Waals surface area contributed by atoms with Crippen LogP contribution in [-0.2, 0) is 11.3 Å². The number of benzene rings is 2. The molecule has 0 amide bonds. The number of likely N-dealkylation sites (tertiary alicyclic amines) is 1. The van der Waals surface area contributed by atoms with Crippen LogP contribution in [0.2, 0.25) is 0 Å². The van der Waals surface area contributed by atoms with Crippen LogP contribution in [0.4, 0.5) is 0 Å². The van der Waals surface area contributed by atoms with Gasteiger partial charge in [-0.1, -0.05) is 24.3 Å². The zero-order valence-electron chi connectivity index (χ0n) is 17.2. The van der Waals surface area contributed by atoms with E-state index in [-0.39, 0.29) is 23.9 Å². The summed E-state index contributed by atoms with van der Waals surface area (Å²) in [5.41, 5.74) is 1.92. The third-order valence-electron chi connectivity index (χ3n) is 6.96. The van der Waals surface area contributed by atoms with Gasteiger partial charge in [-0.05, 0) is 50.5 Å². The fourth-order valence-corrected chi connectivity index (χ4v) is 5.35. The molecule has 0 bridgehead atoms. The zero-order valence-corrected chi connectivity index (χ0v) is 17.2. The highest BCUT2D eigenvalue weighted by Crippen LogP contribution is 2.54. The van der Waals surface area contributed by atoms with Crippen molar-refractivity contribution in [3.63, 3.8) is 0 Å². The molecule has 2 saturated heterocycles. The number of phenols is 1. The molecule has 5 rings (SSSR count). The summed E-state index contributed by atoms with van der Waals surface area (Å²) >= 11 is 0. The maximum atomic E-state index is 11.1. The lowest BCUT2D eigenvalue weighted by atomic mass is 9.74. The fourth-order valence-electron chi connectivity index (χ4n) is 5.35. The van der Waals surface area contributed by atoms with Gasteiger partial charge in [-0.3, -0.25) is 4.90 Å². The van der Waals surface area contributed by atoms with Crippen molar-refractivity contribution < 1.29 is 24.5 Å². The van der Waals surface area contributed by atoms with Crippen molar-refractivity contribution in [2.75, 3.05) is 6.54 Å². The summed E-state index contributed by atoms with van der Waals surface area (Å²) in [5.74, 6) is 0.00145. The average Bonchev–Trinajstić information content (AvgIpc) is 3.10. The first-order chi connectivity index (χ1) is 14.3. The van der Waals surface area contributed by atoms with Crippen LogP contribution in [0, 0.1) is 5.92 Å². The molecule has 6 heteroatoms. The van der Waals surface area contributed by atoms with E-state index in [0.29, 0.717) is 17.4 Å². The number of nitrogens with zero attached hydrogens (tertiary/aromatic N) is 1. The highest BCUT2D eigenvalue weighted by atomic mass is 16.5. The first-order valence-corrected chi connectivity index (χ1v) is 10.6. The zero-order chi connectivity index (χ0) is 21.0. The number of fused-ring (bicyclic) bond motifs is 4. The molecule has 0 radical (unpaired) electrons. The predicted octanol–water partition coefficient (Wildman–Crippen LogP) is 3.98. The first-order valence-electron chi connectivity index (χ1n) is 10.6. The van der Waals surface area contributed by atoms with Gasteiger partial charge in [0.2, 0.25) is 0 Å². The van der Waals surface area contributed by atoms with E-state index in [1.165, 1.54) is 0 Å². The quantitative estimate of drug-likeness (QED) is 0.798. The van der Waals surface area contributed by atoms with Gasteiger partial charge in [0.05, 0.1) is 17.8 Å². The van der Waals surface area contributed by atoms with E-state index in [1.54, 1.807) is 18.2 Å². The molecule has 2 N–H and O–H groups in total. The smallest absolute Gasteiger partial charge is 0.335 e. The van der Waals surface area contributed by atoms with Gasteiger partial charge in [-0.25, -0.2) is 4.79 Å². The van der Waals surface area contributed by atoms with E-state index in [1.807, 2.05) is 24.3 Å². The number of hydrogen-bond donors (Lipinski definition) is 2. The van der Waals surface area contributed by atoms with Crippen LogP contribution >= 0.6 is 0 Å². The summed E-state index contributed by atoms with van der Waals surface area (Å²) in [5, 5.41) is 19.4. The van der Waals surface area contributed by atoms with Crippen molar-refractivity contribution in [1.82, 2.24) is 4.90 Å². The van der Waals surface area contributed by atoms with Gasteiger partial charge in [0, 0.05) is 30.6 Å². The molecule has 30 heavy (non-hydrogen) atoms. The number of phenolic OH excluding ortho intramolecular Hbond substituents is 1. The van der Waals surface area contributed by atoms with Gasteiger partial charge in [0.25, 0.3) is 0 Å². The molecular weight excluding hydrogens is 382 g/mol. The minimum Gasteiger partial charge on any atom is -0.504 e. The Kier molecular flexibility index (Phi) is 4.52. The predicted molar refractivity (Wildman–Crippen MR) is 111 cm³/mol. The minimum absolute atomic E-state index is 0.0769. The molecule has 158 valence electrons. The second-order valence-corrected chi connectivity index (χ2v) is 9.17. The van der Waals surface area contributed by atoms with Crippen LogP contribution in [0.1, 0.15) is 54.3 Å². The van der Waals surface area contributed by atoms with E-state index >= 15 is 0 Å². The number of carbonyl (C=O) groups is 1. The maximum Gasteiger partial charge on any atom is 0.335 e. The summed E-state index contributed by atoms with van der Waals surface area (Å²) < 4.78 is 12.9. The second kappa shape index (κ2) is 7.00. The van der Waals surface area contributed by atoms with Gasteiger partial charge in [-0.2, -0.15) is 0 Å². The van der Waals surface area contributed by atoms with Gasteiger partial charge >= 0.3 is 5.97 Å². The van der Waals surface area contributed by atoms with Crippen LogP contribution in [0.3, 0.4) is 0 Å². The van der Waals surface area contributed by atoms with Crippen LogP contribution in [-0.4, -0.2) is 45.4 Å². The third-order valence-corrected chi connectivity index (χ3v) is 6.96. The molecule has 4 atom stereocenters. The lowest BCUT2D eigenvalue weighted by Crippen LogP contribution is -2.53. The third kappa shape index (κ3) is 3.15. The molecule has 0 unspecified atom stereocenters. The average molecular weight is 409 g/mol. The van der Waals surface area contributed by atoms with Crippen molar-refractivity contribution in [3.8, 4) is 11.5 Å². The number of carboxylic acid groups (broad SMARTS) is 1. The van der Waals surface area contributed by atoms with Crippen molar-refractivity contribution in [1.29, 1.82) is 0 Å². The molecule has 3 heterocycles. The fraction of sp³-hybridized carbons (Fsp3) is 0.458. The van der Waals surface area contributed by atoms with Crippen molar-refractivity contribution >= 4 is 5.97 Å². The highest BCUT2D eigenvalue weighted by Gasteiger charge is 2.53. The Morgan fingerprint density at radius 2 is 1.97 bits per heavy atom. The molecule has 0 aliphatic carbocycles. The van der Waals surface area contributed by atoms with Crippen LogP contribution < -0.4 is 4.74 Å². The van der Waals surface area contributed by atoms with E-state index in [0.717, 1.165) is 37.1 Å².